The maximum atomic E-state index is 12.6. The standard InChI is InChI=1S/C22H41NO7Si/c1-12-15(14-29-31(10,11)22(5,6)7)16(18(24)27-8)13-17(19(25)28-9)23-20(26)30-21(2,3)4/h12,15-17H,1,13-14H2,2-11H3,(H,23,26)/t15?,16?,17-/m0/s1. The Morgan fingerprint density at radius 3 is 1.90 bits per heavy atom. The molecule has 0 aliphatic rings. The summed E-state index contributed by atoms with van der Waals surface area (Å²) < 4.78 is 21.3. The zero-order chi connectivity index (χ0) is 24.6. The number of ether oxygens (including phenoxy) is 3. The maximum absolute atomic E-state index is 12.6. The van der Waals surface area contributed by atoms with E-state index in [0.29, 0.717) is 0 Å². The Labute approximate surface area is 188 Å². The summed E-state index contributed by atoms with van der Waals surface area (Å²) in [6, 6.07) is -1.10. The second-order valence-electron chi connectivity index (χ2n) is 10.1. The number of hydrogen-bond acceptors (Lipinski definition) is 7. The first-order chi connectivity index (χ1) is 14.0. The summed E-state index contributed by atoms with van der Waals surface area (Å²) in [5.41, 5.74) is -0.743. The molecule has 180 valence electrons. The number of nitrogens with one attached hydrogen (secondary N) is 1. The van der Waals surface area contributed by atoms with Crippen molar-refractivity contribution in [3.8, 4) is 0 Å². The van der Waals surface area contributed by atoms with Crippen LogP contribution in [0.2, 0.25) is 18.1 Å². The third kappa shape index (κ3) is 9.86. The first kappa shape index (κ1) is 29.1. The molecule has 0 heterocycles. The molecule has 0 aromatic heterocycles. The van der Waals surface area contributed by atoms with Crippen molar-refractivity contribution in [1.29, 1.82) is 0 Å². The minimum Gasteiger partial charge on any atom is -0.469 e. The largest absolute Gasteiger partial charge is 0.469 e. The molecule has 2 unspecified atom stereocenters. The number of hydrogen-bond donors (Lipinski definition) is 1. The van der Waals surface area contributed by atoms with E-state index in [1.807, 2.05) is 0 Å². The fourth-order valence-electron chi connectivity index (χ4n) is 2.53. The lowest BCUT2D eigenvalue weighted by molar-refractivity contribution is -0.149. The van der Waals surface area contributed by atoms with Gasteiger partial charge in [0.25, 0.3) is 0 Å². The Hall–Kier alpha value is -1.87. The number of amides is 1. The Morgan fingerprint density at radius 2 is 1.52 bits per heavy atom. The van der Waals surface area contributed by atoms with Crippen LogP contribution in [0.4, 0.5) is 4.79 Å². The maximum Gasteiger partial charge on any atom is 0.408 e. The van der Waals surface area contributed by atoms with Crippen LogP contribution in [0, 0.1) is 11.8 Å². The summed E-state index contributed by atoms with van der Waals surface area (Å²) in [5, 5.41) is 2.49. The fraction of sp³-hybridized carbons (Fsp3) is 0.773. The second kappa shape index (κ2) is 11.7. The molecule has 0 aliphatic heterocycles. The van der Waals surface area contributed by atoms with E-state index in [4.69, 9.17) is 18.6 Å². The molecule has 1 N–H and O–H groups in total. The molecule has 0 fully saturated rings. The Morgan fingerprint density at radius 1 is 1.00 bits per heavy atom. The molecule has 0 saturated carbocycles. The number of rotatable bonds is 10. The lowest BCUT2D eigenvalue weighted by Crippen LogP contribution is -2.47. The normalized spacial score (nSPS) is 15.3. The van der Waals surface area contributed by atoms with Gasteiger partial charge in [0.2, 0.25) is 0 Å². The van der Waals surface area contributed by atoms with E-state index in [0.717, 1.165) is 0 Å². The van der Waals surface area contributed by atoms with E-state index in [-0.39, 0.29) is 18.1 Å². The Balaban J connectivity index is 5.64. The van der Waals surface area contributed by atoms with Crippen molar-refractivity contribution in [3.63, 3.8) is 0 Å². The van der Waals surface area contributed by atoms with E-state index < -0.39 is 49.8 Å². The van der Waals surface area contributed by atoms with Gasteiger partial charge in [0.05, 0.1) is 20.1 Å². The third-order valence-electron chi connectivity index (χ3n) is 5.43. The van der Waals surface area contributed by atoms with Crippen molar-refractivity contribution in [2.45, 2.75) is 77.7 Å². The molecule has 31 heavy (non-hydrogen) atoms. The summed E-state index contributed by atoms with van der Waals surface area (Å²) in [6.45, 7) is 19.8. The van der Waals surface area contributed by atoms with Crippen LogP contribution >= 0.6 is 0 Å². The molecule has 9 heteroatoms. The third-order valence-corrected chi connectivity index (χ3v) is 9.93. The smallest absolute Gasteiger partial charge is 0.408 e. The van der Waals surface area contributed by atoms with Gasteiger partial charge in [0.1, 0.15) is 11.6 Å². The van der Waals surface area contributed by atoms with Crippen molar-refractivity contribution in [1.82, 2.24) is 5.32 Å². The van der Waals surface area contributed by atoms with E-state index in [9.17, 15) is 14.4 Å². The first-order valence-corrected chi connectivity index (χ1v) is 13.3. The van der Waals surface area contributed by atoms with Crippen LogP contribution < -0.4 is 5.32 Å². The van der Waals surface area contributed by atoms with Crippen molar-refractivity contribution in [2.24, 2.45) is 11.8 Å². The van der Waals surface area contributed by atoms with Gasteiger partial charge in [-0.3, -0.25) is 4.79 Å². The molecule has 1 amide bonds. The van der Waals surface area contributed by atoms with Crippen LogP contribution in [-0.2, 0) is 28.2 Å². The molecule has 0 saturated heterocycles. The van der Waals surface area contributed by atoms with Crippen LogP contribution in [0.3, 0.4) is 0 Å². The van der Waals surface area contributed by atoms with Gasteiger partial charge in [0.15, 0.2) is 8.32 Å². The molecule has 0 aromatic carbocycles. The topological polar surface area (TPSA) is 100 Å². The van der Waals surface area contributed by atoms with Crippen molar-refractivity contribution in [3.05, 3.63) is 12.7 Å². The van der Waals surface area contributed by atoms with E-state index in [1.54, 1.807) is 26.8 Å². The highest BCUT2D eigenvalue weighted by molar-refractivity contribution is 6.74. The van der Waals surface area contributed by atoms with Crippen LogP contribution in [0.25, 0.3) is 0 Å². The highest BCUT2D eigenvalue weighted by Crippen LogP contribution is 2.37. The van der Waals surface area contributed by atoms with Crippen LogP contribution in [0.5, 0.6) is 0 Å². The van der Waals surface area contributed by atoms with Gasteiger partial charge in [-0.05, 0) is 45.3 Å². The zero-order valence-electron chi connectivity index (χ0n) is 20.8. The molecule has 3 atom stereocenters. The number of methoxy groups -OCH3 is 2. The monoisotopic (exact) mass is 459 g/mol. The van der Waals surface area contributed by atoms with Crippen molar-refractivity contribution >= 4 is 26.3 Å². The molecular weight excluding hydrogens is 418 g/mol. The first-order valence-electron chi connectivity index (χ1n) is 10.4. The number of esters is 2. The molecule has 0 bridgehead atoms. The fourth-order valence-corrected chi connectivity index (χ4v) is 3.57. The number of carbonyl (C=O) groups excluding carboxylic acids is 3. The molecule has 0 aliphatic carbocycles. The van der Waals surface area contributed by atoms with Gasteiger partial charge in [0, 0.05) is 12.5 Å². The second-order valence-corrected chi connectivity index (χ2v) is 14.9. The summed E-state index contributed by atoms with van der Waals surface area (Å²) >= 11 is 0. The molecule has 0 spiro atoms. The average Bonchev–Trinajstić information content (AvgIpc) is 2.62. The Bertz CT molecular complexity index is 635. The van der Waals surface area contributed by atoms with Gasteiger partial charge < -0.3 is 24.0 Å². The van der Waals surface area contributed by atoms with E-state index in [1.165, 1.54) is 14.2 Å². The molecular formula is C22H41NO7Si. The summed E-state index contributed by atoms with van der Waals surface area (Å²) in [7, 11) is 0.412. The molecule has 0 rings (SSSR count). The number of alkyl carbamates (subject to hydrolysis) is 1. The van der Waals surface area contributed by atoms with Gasteiger partial charge in [-0.2, -0.15) is 0 Å². The van der Waals surface area contributed by atoms with Crippen LogP contribution in [-0.4, -0.2) is 58.8 Å². The van der Waals surface area contributed by atoms with Gasteiger partial charge in [-0.15, -0.1) is 6.58 Å². The molecule has 8 nitrogen and oxygen atoms in total. The quantitative estimate of drug-likeness (QED) is 0.228. The van der Waals surface area contributed by atoms with Gasteiger partial charge >= 0.3 is 18.0 Å². The summed E-state index contributed by atoms with van der Waals surface area (Å²) in [5.74, 6) is -2.41. The molecule has 0 radical (unpaired) electrons. The van der Waals surface area contributed by atoms with E-state index in [2.05, 4.69) is 45.8 Å². The lowest BCUT2D eigenvalue weighted by atomic mass is 9.87. The zero-order valence-corrected chi connectivity index (χ0v) is 21.8. The minimum absolute atomic E-state index is 0.00764. The highest BCUT2D eigenvalue weighted by atomic mass is 28.4. The number of carbonyl (C=O) groups is 3. The van der Waals surface area contributed by atoms with Crippen LogP contribution in [0.15, 0.2) is 12.7 Å². The lowest BCUT2D eigenvalue weighted by Gasteiger charge is -2.38. The summed E-state index contributed by atoms with van der Waals surface area (Å²) in [4.78, 5) is 37.1. The minimum atomic E-state index is -2.08. The van der Waals surface area contributed by atoms with Gasteiger partial charge in [-0.1, -0.05) is 26.8 Å². The van der Waals surface area contributed by atoms with E-state index >= 15 is 0 Å². The molecule has 0 aromatic rings. The van der Waals surface area contributed by atoms with Crippen molar-refractivity contribution in [2.75, 3.05) is 20.8 Å². The summed E-state index contributed by atoms with van der Waals surface area (Å²) in [6.07, 6.45) is 0.798. The predicted molar refractivity (Wildman–Crippen MR) is 122 cm³/mol. The highest BCUT2D eigenvalue weighted by Gasteiger charge is 2.40. The SMILES string of the molecule is C=CC(CO[Si](C)(C)C(C)(C)C)C(C[C@H](NC(=O)OC(C)(C)C)C(=O)OC)C(=O)OC. The predicted octanol–water partition coefficient (Wildman–Crippen LogP) is 4.06. The van der Waals surface area contributed by atoms with Crippen LogP contribution in [0.1, 0.15) is 48.0 Å². The average molecular weight is 460 g/mol. The van der Waals surface area contributed by atoms with Gasteiger partial charge in [-0.25, -0.2) is 9.59 Å². The van der Waals surface area contributed by atoms with Crippen molar-refractivity contribution < 1.29 is 33.0 Å². The Kier molecular flexibility index (Phi) is 11.0.